The lowest BCUT2D eigenvalue weighted by Gasteiger charge is -2.04. The molecule has 0 aliphatic heterocycles. The number of nitrogens with two attached hydrogens (primary N) is 1. The second-order valence-electron chi connectivity index (χ2n) is 4.45. The maximum Gasteiger partial charge on any atom is 0.345 e. The Hall–Kier alpha value is -1.95. The fourth-order valence-corrected chi connectivity index (χ4v) is 2.25. The molecule has 0 spiro atoms. The van der Waals surface area contributed by atoms with Crippen molar-refractivity contribution in [2.24, 2.45) is 11.7 Å². The van der Waals surface area contributed by atoms with Crippen LogP contribution >= 0.6 is 11.3 Å². The number of amides is 1. The van der Waals surface area contributed by atoms with E-state index in [4.69, 9.17) is 10.8 Å². The van der Waals surface area contributed by atoms with Crippen molar-refractivity contribution in [3.05, 3.63) is 27.5 Å². The van der Waals surface area contributed by atoms with Crippen LogP contribution < -0.4 is 5.73 Å². The zero-order valence-electron chi connectivity index (χ0n) is 10.7. The molecule has 0 fully saturated rings. The molecular formula is C13H15NO4S. The first-order chi connectivity index (χ1) is 8.81. The highest BCUT2D eigenvalue weighted by Crippen LogP contribution is 2.20. The minimum absolute atomic E-state index is 0.0903. The average Bonchev–Trinajstić information content (AvgIpc) is 2.72. The van der Waals surface area contributed by atoms with Crippen LogP contribution in [0, 0.1) is 5.92 Å². The highest BCUT2D eigenvalue weighted by molar-refractivity contribution is 7.14. The molecule has 0 saturated carbocycles. The van der Waals surface area contributed by atoms with Gasteiger partial charge in [0.05, 0.1) is 5.57 Å². The molecule has 5 nitrogen and oxygen atoms in total. The highest BCUT2D eigenvalue weighted by atomic mass is 32.1. The number of hydrogen-bond acceptors (Lipinski definition) is 4. The van der Waals surface area contributed by atoms with Crippen LogP contribution in [0.3, 0.4) is 0 Å². The van der Waals surface area contributed by atoms with E-state index in [0.717, 1.165) is 11.3 Å². The van der Waals surface area contributed by atoms with Crippen molar-refractivity contribution >= 4 is 35.1 Å². The Morgan fingerprint density at radius 3 is 2.42 bits per heavy atom. The zero-order chi connectivity index (χ0) is 14.6. The summed E-state index contributed by atoms with van der Waals surface area (Å²) in [5, 5.41) is 8.80. The smallest absolute Gasteiger partial charge is 0.345 e. The Bertz CT molecular complexity index is 543. The molecule has 0 saturated heterocycles. The summed E-state index contributed by atoms with van der Waals surface area (Å²) in [5.74, 6) is -2.05. The quantitative estimate of drug-likeness (QED) is 0.473. The SMILES string of the molecule is CC(C)CC(=O)/C(=C/c1ccc(C(=O)O)s1)C(N)=O. The van der Waals surface area contributed by atoms with Crippen LogP contribution in [0.5, 0.6) is 0 Å². The standard InChI is InChI=1S/C13H15NO4S/c1-7(2)5-10(15)9(12(14)16)6-8-3-4-11(19-8)13(17)18/h3-4,6-7H,5H2,1-2H3,(H2,14,16)(H,17,18)/b9-6-. The predicted octanol–water partition coefficient (Wildman–Crippen LogP) is 1.93. The van der Waals surface area contributed by atoms with Crippen molar-refractivity contribution in [2.45, 2.75) is 20.3 Å². The molecular weight excluding hydrogens is 266 g/mol. The Morgan fingerprint density at radius 2 is 2.00 bits per heavy atom. The Morgan fingerprint density at radius 1 is 1.37 bits per heavy atom. The van der Waals surface area contributed by atoms with E-state index in [1.165, 1.54) is 12.1 Å². The first kappa shape index (κ1) is 15.1. The molecule has 0 aliphatic rings. The van der Waals surface area contributed by atoms with Crippen molar-refractivity contribution in [2.75, 3.05) is 0 Å². The minimum Gasteiger partial charge on any atom is -0.477 e. The van der Waals surface area contributed by atoms with Gasteiger partial charge in [-0.15, -0.1) is 11.3 Å². The molecule has 1 heterocycles. The number of primary amides is 1. The van der Waals surface area contributed by atoms with Gasteiger partial charge in [0.25, 0.3) is 5.91 Å². The fraction of sp³-hybridized carbons (Fsp3) is 0.308. The summed E-state index contributed by atoms with van der Waals surface area (Å²) in [6.45, 7) is 3.73. The molecule has 0 unspecified atom stereocenters. The molecule has 3 N–H and O–H groups in total. The first-order valence-corrected chi connectivity index (χ1v) is 6.50. The molecule has 1 aromatic rings. The summed E-state index contributed by atoms with van der Waals surface area (Å²) in [4.78, 5) is 34.6. The largest absolute Gasteiger partial charge is 0.477 e. The van der Waals surface area contributed by atoms with E-state index in [9.17, 15) is 14.4 Å². The molecule has 1 amide bonds. The molecule has 0 bridgehead atoms. The Kier molecular flexibility index (Phi) is 5.00. The lowest BCUT2D eigenvalue weighted by Crippen LogP contribution is -2.21. The summed E-state index contributed by atoms with van der Waals surface area (Å²) in [6.07, 6.45) is 1.58. The van der Waals surface area contributed by atoms with Gasteiger partial charge in [-0.2, -0.15) is 0 Å². The van der Waals surface area contributed by atoms with E-state index in [-0.39, 0.29) is 28.6 Å². The van der Waals surface area contributed by atoms with E-state index in [2.05, 4.69) is 0 Å². The number of carboxylic acids is 1. The van der Waals surface area contributed by atoms with Crippen LogP contribution in [0.1, 0.15) is 34.8 Å². The van der Waals surface area contributed by atoms with Gasteiger partial charge in [0.1, 0.15) is 4.88 Å². The number of carbonyl (C=O) groups is 3. The number of rotatable bonds is 6. The summed E-state index contributed by atoms with van der Waals surface area (Å²) >= 11 is 0.987. The molecule has 1 rings (SSSR count). The van der Waals surface area contributed by atoms with Gasteiger partial charge in [-0.1, -0.05) is 13.8 Å². The monoisotopic (exact) mass is 281 g/mol. The van der Waals surface area contributed by atoms with Crippen molar-refractivity contribution < 1.29 is 19.5 Å². The zero-order valence-corrected chi connectivity index (χ0v) is 11.5. The van der Waals surface area contributed by atoms with Gasteiger partial charge in [-0.05, 0) is 24.1 Å². The number of hydrogen-bond donors (Lipinski definition) is 2. The van der Waals surface area contributed by atoms with Gasteiger partial charge in [0.15, 0.2) is 5.78 Å². The summed E-state index contributed by atoms with van der Waals surface area (Å²) in [5.41, 5.74) is 5.10. The van der Waals surface area contributed by atoms with Crippen LogP contribution in [0.2, 0.25) is 0 Å². The maximum atomic E-state index is 11.9. The second-order valence-corrected chi connectivity index (χ2v) is 5.57. The summed E-state index contributed by atoms with van der Waals surface area (Å²) in [6, 6.07) is 2.96. The minimum atomic E-state index is -1.04. The van der Waals surface area contributed by atoms with E-state index in [1.807, 2.05) is 13.8 Å². The van der Waals surface area contributed by atoms with Gasteiger partial charge in [-0.3, -0.25) is 9.59 Å². The van der Waals surface area contributed by atoms with Crippen molar-refractivity contribution in [1.29, 1.82) is 0 Å². The van der Waals surface area contributed by atoms with Gasteiger partial charge in [-0.25, -0.2) is 4.79 Å². The number of aromatic carboxylic acids is 1. The number of ketones is 1. The second kappa shape index (κ2) is 6.29. The van der Waals surface area contributed by atoms with Crippen molar-refractivity contribution in [3.63, 3.8) is 0 Å². The number of carbonyl (C=O) groups excluding carboxylic acids is 2. The van der Waals surface area contributed by atoms with E-state index < -0.39 is 11.9 Å². The average molecular weight is 281 g/mol. The molecule has 19 heavy (non-hydrogen) atoms. The van der Waals surface area contributed by atoms with Crippen molar-refractivity contribution in [1.82, 2.24) is 0 Å². The maximum absolute atomic E-state index is 11.9. The Balaban J connectivity index is 3.04. The number of thiophene rings is 1. The fourth-order valence-electron chi connectivity index (χ4n) is 1.46. The van der Waals surface area contributed by atoms with Gasteiger partial charge in [0, 0.05) is 11.3 Å². The lowest BCUT2D eigenvalue weighted by molar-refractivity contribution is -0.121. The molecule has 0 radical (unpaired) electrons. The third kappa shape index (κ3) is 4.33. The topological polar surface area (TPSA) is 97.5 Å². The Labute approximate surface area is 114 Å². The summed E-state index contributed by atoms with van der Waals surface area (Å²) in [7, 11) is 0. The van der Waals surface area contributed by atoms with Gasteiger partial charge < -0.3 is 10.8 Å². The normalized spacial score (nSPS) is 11.6. The van der Waals surface area contributed by atoms with Crippen LogP contribution in [0.4, 0.5) is 0 Å². The van der Waals surface area contributed by atoms with Crippen LogP contribution in [-0.2, 0) is 9.59 Å². The number of Topliss-reactive ketones (excluding diaryl/α,β-unsaturated/α-hetero) is 1. The van der Waals surface area contributed by atoms with Crippen LogP contribution in [-0.4, -0.2) is 22.8 Å². The van der Waals surface area contributed by atoms with Crippen LogP contribution in [0.15, 0.2) is 17.7 Å². The predicted molar refractivity (Wildman–Crippen MR) is 72.9 cm³/mol. The molecule has 1 aromatic heterocycles. The lowest BCUT2D eigenvalue weighted by atomic mass is 10.0. The molecule has 6 heteroatoms. The number of carboxylic acid groups (broad SMARTS) is 1. The molecule has 0 aromatic carbocycles. The molecule has 0 atom stereocenters. The highest BCUT2D eigenvalue weighted by Gasteiger charge is 2.17. The van der Waals surface area contributed by atoms with E-state index in [1.54, 1.807) is 6.07 Å². The van der Waals surface area contributed by atoms with Crippen LogP contribution in [0.25, 0.3) is 6.08 Å². The summed E-state index contributed by atoms with van der Waals surface area (Å²) < 4.78 is 0. The molecule has 102 valence electrons. The van der Waals surface area contributed by atoms with E-state index >= 15 is 0 Å². The molecule has 0 aliphatic carbocycles. The van der Waals surface area contributed by atoms with Gasteiger partial charge in [0.2, 0.25) is 0 Å². The first-order valence-electron chi connectivity index (χ1n) is 5.69. The van der Waals surface area contributed by atoms with Gasteiger partial charge >= 0.3 is 5.97 Å². The van der Waals surface area contributed by atoms with E-state index in [0.29, 0.717) is 4.88 Å². The third-order valence-corrected chi connectivity index (χ3v) is 3.30. The van der Waals surface area contributed by atoms with Crippen molar-refractivity contribution in [3.8, 4) is 0 Å². The third-order valence-electron chi connectivity index (χ3n) is 2.28.